The lowest BCUT2D eigenvalue weighted by atomic mass is 10.0. The lowest BCUT2D eigenvalue weighted by Gasteiger charge is -2.11. The smallest absolute Gasteiger partial charge is 0.219 e. The molecule has 2 heterocycles. The van der Waals surface area contributed by atoms with Crippen LogP contribution in [-0.4, -0.2) is 34.2 Å². The zero-order valence-electron chi connectivity index (χ0n) is 21.4. The molecular weight excluding hydrogens is 538 g/mol. The predicted octanol–water partition coefficient (Wildman–Crippen LogP) is 5.13. The van der Waals surface area contributed by atoms with E-state index in [1.165, 1.54) is 41.3 Å². The number of para-hydroxylation sites is 1. The number of allylic oxidation sites excluding steroid dienone is 1. The monoisotopic (exact) mass is 562 g/mol. The Morgan fingerprint density at radius 2 is 1.90 bits per heavy atom. The summed E-state index contributed by atoms with van der Waals surface area (Å²) in [5.74, 6) is -1.52. The van der Waals surface area contributed by atoms with Gasteiger partial charge in [0.1, 0.15) is 11.6 Å². The Bertz CT molecular complexity index is 1830. The summed E-state index contributed by atoms with van der Waals surface area (Å²) in [6, 6.07) is 10.4. The number of hydrogen-bond acceptors (Lipinski definition) is 7. The van der Waals surface area contributed by atoms with Gasteiger partial charge in [-0.05, 0) is 60.7 Å². The minimum atomic E-state index is -3.39. The molecular formula is C29H24F2N4O4S. The van der Waals surface area contributed by atoms with E-state index in [4.69, 9.17) is 10.5 Å². The van der Waals surface area contributed by atoms with Gasteiger partial charge in [-0.15, -0.1) is 0 Å². The first-order chi connectivity index (χ1) is 19.1. The first-order valence-corrected chi connectivity index (χ1v) is 14.3. The summed E-state index contributed by atoms with van der Waals surface area (Å²) < 4.78 is 60.4. The summed E-state index contributed by atoms with van der Waals surface area (Å²) in [4.78, 5) is 17.6. The Balaban J connectivity index is 1.21. The summed E-state index contributed by atoms with van der Waals surface area (Å²) in [5, 5.41) is 3.90. The first kappa shape index (κ1) is 25.9. The molecule has 40 heavy (non-hydrogen) atoms. The highest BCUT2D eigenvalue weighted by molar-refractivity contribution is 7.91. The van der Waals surface area contributed by atoms with E-state index in [1.54, 1.807) is 31.2 Å². The molecule has 0 atom stereocenters. The van der Waals surface area contributed by atoms with Crippen LogP contribution in [0.3, 0.4) is 0 Å². The number of rotatable bonds is 8. The topological polar surface area (TPSA) is 117 Å². The maximum Gasteiger partial charge on any atom is 0.219 e. The number of Topliss-reactive ketones (excluding diaryl/α,β-unsaturated/α-hetero) is 1. The third-order valence-electron chi connectivity index (χ3n) is 7.09. The molecule has 6 rings (SSSR count). The summed E-state index contributed by atoms with van der Waals surface area (Å²) in [5.41, 5.74) is 9.40. The third-order valence-corrected chi connectivity index (χ3v) is 9.29. The molecule has 11 heteroatoms. The fraction of sp³-hybridized carbons (Fsp3) is 0.207. The van der Waals surface area contributed by atoms with Crippen LogP contribution in [0, 0.1) is 18.6 Å². The number of sulfone groups is 1. The number of nitrogen functional groups attached to an aromatic ring is 1. The Kier molecular flexibility index (Phi) is 6.25. The Hall–Kier alpha value is -4.38. The lowest BCUT2D eigenvalue weighted by molar-refractivity contribution is 0.103. The summed E-state index contributed by atoms with van der Waals surface area (Å²) in [6.45, 7) is 1.78. The SMILES string of the molecule is Cc1cc(Oc2ccccc2F)ncc1-n1ncc(C(=O)C2=Cc3cc(F)c(CS(=O)(=O)C4CC4)cc3C2)c1N. The molecule has 1 fully saturated rings. The number of nitrogens with zero attached hydrogens (tertiary/aromatic N) is 3. The number of fused-ring (bicyclic) bond motifs is 1. The van der Waals surface area contributed by atoms with Gasteiger partial charge < -0.3 is 10.5 Å². The number of carbonyl (C=O) groups is 1. The molecule has 0 radical (unpaired) electrons. The van der Waals surface area contributed by atoms with Crippen molar-refractivity contribution < 1.29 is 26.7 Å². The van der Waals surface area contributed by atoms with Crippen molar-refractivity contribution >= 4 is 27.5 Å². The third kappa shape index (κ3) is 4.77. The van der Waals surface area contributed by atoms with Gasteiger partial charge >= 0.3 is 0 Å². The number of anilines is 1. The molecule has 2 aliphatic carbocycles. The largest absolute Gasteiger partial charge is 0.436 e. The minimum absolute atomic E-state index is 0.0380. The molecule has 0 spiro atoms. The number of halogens is 2. The van der Waals surface area contributed by atoms with E-state index in [0.717, 1.165) is 0 Å². The first-order valence-electron chi connectivity index (χ1n) is 12.6. The molecule has 1 saturated carbocycles. The van der Waals surface area contributed by atoms with E-state index < -0.39 is 21.5 Å². The van der Waals surface area contributed by atoms with Crippen molar-refractivity contribution in [1.29, 1.82) is 0 Å². The fourth-order valence-electron chi connectivity index (χ4n) is 4.77. The molecule has 2 aromatic carbocycles. The highest BCUT2D eigenvalue weighted by atomic mass is 32.2. The van der Waals surface area contributed by atoms with Gasteiger partial charge in [-0.3, -0.25) is 4.79 Å². The number of aryl methyl sites for hydroxylation is 1. The summed E-state index contributed by atoms with van der Waals surface area (Å²) in [6.07, 6.45) is 5.88. The summed E-state index contributed by atoms with van der Waals surface area (Å²) in [7, 11) is -3.39. The molecule has 8 nitrogen and oxygen atoms in total. The Labute approximate surface area is 229 Å². The molecule has 204 valence electrons. The van der Waals surface area contributed by atoms with Crippen molar-refractivity contribution in [3.05, 3.63) is 99.9 Å². The van der Waals surface area contributed by atoms with Crippen LogP contribution in [0.15, 0.2) is 60.4 Å². The van der Waals surface area contributed by atoms with E-state index in [-0.39, 0.29) is 51.8 Å². The van der Waals surface area contributed by atoms with E-state index >= 15 is 0 Å². The number of pyridine rings is 1. The maximum absolute atomic E-state index is 14.7. The van der Waals surface area contributed by atoms with E-state index in [1.807, 2.05) is 0 Å². The fourth-order valence-corrected chi connectivity index (χ4v) is 6.52. The van der Waals surface area contributed by atoms with Crippen LogP contribution in [0.1, 0.15) is 45.5 Å². The molecule has 0 saturated heterocycles. The highest BCUT2D eigenvalue weighted by Crippen LogP contribution is 2.35. The average molecular weight is 563 g/mol. The van der Waals surface area contributed by atoms with Gasteiger partial charge in [-0.1, -0.05) is 18.2 Å². The molecule has 2 aromatic heterocycles. The van der Waals surface area contributed by atoms with Crippen LogP contribution in [0.5, 0.6) is 11.6 Å². The van der Waals surface area contributed by atoms with Gasteiger partial charge in [0.05, 0.1) is 34.6 Å². The van der Waals surface area contributed by atoms with Crippen LogP contribution in [0.4, 0.5) is 14.6 Å². The number of benzene rings is 2. The number of nitrogens with two attached hydrogens (primary N) is 1. The number of ketones is 1. The Morgan fingerprint density at radius 1 is 1.12 bits per heavy atom. The quantitative estimate of drug-likeness (QED) is 0.296. The maximum atomic E-state index is 14.7. The zero-order valence-corrected chi connectivity index (χ0v) is 22.2. The number of hydrogen-bond donors (Lipinski definition) is 1. The van der Waals surface area contributed by atoms with E-state index in [9.17, 15) is 22.0 Å². The van der Waals surface area contributed by atoms with Crippen LogP contribution in [-0.2, 0) is 22.0 Å². The second kappa shape index (κ2) is 9.67. The van der Waals surface area contributed by atoms with E-state index in [2.05, 4.69) is 10.1 Å². The molecule has 2 aliphatic rings. The molecule has 0 aliphatic heterocycles. The standard InChI is InChI=1S/C29H24F2N4O4S/c1-16-8-27(39-26-5-3-2-4-23(26)30)33-14-25(16)35-29(32)22(13-34-35)28(36)19-9-17-11-20(24(31)12-18(17)10-19)15-40(37,38)21-6-7-21/h2-5,8,10-14,21H,6-7,9,15,32H2,1H3. The van der Waals surface area contributed by atoms with Gasteiger partial charge in [0.25, 0.3) is 0 Å². The van der Waals surface area contributed by atoms with Crippen molar-refractivity contribution in [1.82, 2.24) is 14.8 Å². The predicted molar refractivity (Wildman–Crippen MR) is 145 cm³/mol. The lowest BCUT2D eigenvalue weighted by Crippen LogP contribution is -2.11. The second-order valence-corrected chi connectivity index (χ2v) is 12.3. The number of carbonyl (C=O) groups excluding carboxylic acids is 1. The van der Waals surface area contributed by atoms with Gasteiger partial charge in [0, 0.05) is 23.6 Å². The molecule has 0 bridgehead atoms. The van der Waals surface area contributed by atoms with Crippen molar-refractivity contribution in [3.8, 4) is 17.3 Å². The van der Waals surface area contributed by atoms with Crippen molar-refractivity contribution in [3.63, 3.8) is 0 Å². The van der Waals surface area contributed by atoms with E-state index in [0.29, 0.717) is 40.8 Å². The molecule has 2 N–H and O–H groups in total. The van der Waals surface area contributed by atoms with Gasteiger partial charge in [0.2, 0.25) is 5.88 Å². The van der Waals surface area contributed by atoms with Gasteiger partial charge in [0.15, 0.2) is 27.2 Å². The normalized spacial score (nSPS) is 14.6. The second-order valence-electron chi connectivity index (χ2n) is 10.0. The zero-order chi connectivity index (χ0) is 28.2. The van der Waals surface area contributed by atoms with Gasteiger partial charge in [-0.2, -0.15) is 5.10 Å². The van der Waals surface area contributed by atoms with Crippen LogP contribution >= 0.6 is 0 Å². The number of aromatic nitrogens is 3. The molecule has 4 aromatic rings. The van der Waals surface area contributed by atoms with Crippen molar-refractivity contribution in [2.45, 2.75) is 37.2 Å². The van der Waals surface area contributed by atoms with Crippen LogP contribution in [0.25, 0.3) is 11.8 Å². The Morgan fingerprint density at radius 3 is 2.62 bits per heavy atom. The van der Waals surface area contributed by atoms with Gasteiger partial charge in [-0.25, -0.2) is 26.9 Å². The van der Waals surface area contributed by atoms with Crippen molar-refractivity contribution in [2.24, 2.45) is 0 Å². The van der Waals surface area contributed by atoms with Crippen LogP contribution < -0.4 is 10.5 Å². The molecule has 0 unspecified atom stereocenters. The average Bonchev–Trinajstić information content (AvgIpc) is 3.61. The molecule has 0 amide bonds. The van der Waals surface area contributed by atoms with Crippen molar-refractivity contribution in [2.75, 3.05) is 5.73 Å². The minimum Gasteiger partial charge on any atom is -0.436 e. The summed E-state index contributed by atoms with van der Waals surface area (Å²) >= 11 is 0. The highest BCUT2D eigenvalue weighted by Gasteiger charge is 2.36. The number of ether oxygens (including phenoxy) is 1. The van der Waals surface area contributed by atoms with Crippen LogP contribution in [0.2, 0.25) is 0 Å².